The van der Waals surface area contributed by atoms with Crippen LogP contribution in [0, 0.1) is 0 Å². The van der Waals surface area contributed by atoms with Gasteiger partial charge in [-0.15, -0.1) is 0 Å². The Hall–Kier alpha value is -2.80. The van der Waals surface area contributed by atoms with Crippen LogP contribution in [-0.4, -0.2) is 12.2 Å². The summed E-state index contributed by atoms with van der Waals surface area (Å²) in [4.78, 5) is 28.1. The van der Waals surface area contributed by atoms with Crippen molar-refractivity contribution < 1.29 is 9.59 Å². The quantitative estimate of drug-likeness (QED) is 0.618. The predicted molar refractivity (Wildman–Crippen MR) is 71.3 cm³/mol. The molecular weight excluding hydrogens is 240 g/mol. The Balaban J connectivity index is 2.47. The van der Waals surface area contributed by atoms with Crippen molar-refractivity contribution >= 4 is 23.5 Å². The summed E-state index contributed by atoms with van der Waals surface area (Å²) in [6, 6.07) is 15.0. The number of carbonyl (C=O) groups excluding carboxylic acids is 2. The largest absolute Gasteiger partial charge is 0.240 e. The zero-order valence-corrected chi connectivity index (χ0v) is 10.0. The summed E-state index contributed by atoms with van der Waals surface area (Å²) in [7, 11) is 0. The van der Waals surface area contributed by atoms with Crippen molar-refractivity contribution in [2.45, 2.75) is 6.42 Å². The van der Waals surface area contributed by atoms with Crippen LogP contribution in [0.3, 0.4) is 0 Å². The van der Waals surface area contributed by atoms with Gasteiger partial charge in [0.2, 0.25) is 12.2 Å². The Kier molecular flexibility index (Phi) is 4.14. The lowest BCUT2D eigenvalue weighted by atomic mass is 10.0. The molecule has 0 saturated heterocycles. The molecule has 0 spiro atoms. The molecular formula is C15H10N2O2. The molecule has 0 aliphatic carbocycles. The van der Waals surface area contributed by atoms with E-state index in [0.29, 0.717) is 17.8 Å². The Morgan fingerprint density at radius 2 is 1.58 bits per heavy atom. The molecule has 0 unspecified atom stereocenters. The maximum Gasteiger partial charge on any atom is 0.240 e. The maximum atomic E-state index is 10.5. The second-order valence-corrected chi connectivity index (χ2v) is 3.85. The molecule has 0 heterocycles. The minimum atomic E-state index is 0.326. The molecule has 0 radical (unpaired) electrons. The van der Waals surface area contributed by atoms with Crippen LogP contribution in [0.15, 0.2) is 58.5 Å². The third-order valence-corrected chi connectivity index (χ3v) is 2.66. The number of aliphatic imine (C=N–C) groups is 2. The molecule has 2 aromatic rings. The molecule has 0 atom stereocenters. The van der Waals surface area contributed by atoms with Gasteiger partial charge in [0.15, 0.2) is 0 Å². The van der Waals surface area contributed by atoms with Gasteiger partial charge in [-0.2, -0.15) is 9.98 Å². The van der Waals surface area contributed by atoms with Crippen molar-refractivity contribution in [2.75, 3.05) is 0 Å². The second kappa shape index (κ2) is 6.22. The molecule has 0 aromatic heterocycles. The zero-order chi connectivity index (χ0) is 13.5. The molecule has 0 bridgehead atoms. The van der Waals surface area contributed by atoms with E-state index in [2.05, 4.69) is 9.98 Å². The Bertz CT molecular complexity index is 668. The van der Waals surface area contributed by atoms with Crippen LogP contribution in [0.4, 0.5) is 11.4 Å². The molecule has 2 aromatic carbocycles. The van der Waals surface area contributed by atoms with Gasteiger partial charge in [0.05, 0.1) is 0 Å². The van der Waals surface area contributed by atoms with E-state index in [1.165, 1.54) is 12.2 Å². The molecule has 2 rings (SSSR count). The van der Waals surface area contributed by atoms with Crippen LogP contribution >= 0.6 is 0 Å². The Morgan fingerprint density at radius 1 is 0.842 bits per heavy atom. The number of hydrogen-bond donors (Lipinski definition) is 0. The van der Waals surface area contributed by atoms with Gasteiger partial charge >= 0.3 is 0 Å². The van der Waals surface area contributed by atoms with Crippen molar-refractivity contribution in [3.63, 3.8) is 0 Å². The van der Waals surface area contributed by atoms with E-state index in [1.54, 1.807) is 12.1 Å². The Morgan fingerprint density at radius 3 is 2.26 bits per heavy atom. The second-order valence-electron chi connectivity index (χ2n) is 3.85. The van der Waals surface area contributed by atoms with Crippen LogP contribution in [0.1, 0.15) is 11.1 Å². The van der Waals surface area contributed by atoms with Gasteiger partial charge in [-0.1, -0.05) is 42.5 Å². The third kappa shape index (κ3) is 3.11. The Labute approximate surface area is 110 Å². The summed E-state index contributed by atoms with van der Waals surface area (Å²) >= 11 is 0. The summed E-state index contributed by atoms with van der Waals surface area (Å²) in [5, 5.41) is 0. The number of rotatable bonds is 4. The number of hydrogen-bond acceptors (Lipinski definition) is 4. The van der Waals surface area contributed by atoms with E-state index in [1.807, 2.05) is 36.4 Å². The van der Waals surface area contributed by atoms with Gasteiger partial charge < -0.3 is 0 Å². The first-order chi connectivity index (χ1) is 9.35. The first-order valence-electron chi connectivity index (χ1n) is 5.66. The van der Waals surface area contributed by atoms with Crippen molar-refractivity contribution in [2.24, 2.45) is 9.98 Å². The lowest BCUT2D eigenvalue weighted by molar-refractivity contribution is 0.564. The molecule has 4 nitrogen and oxygen atoms in total. The molecule has 4 heteroatoms. The summed E-state index contributed by atoms with van der Waals surface area (Å²) in [5.41, 5.74) is 2.58. The number of nitrogens with zero attached hydrogens (tertiary/aromatic N) is 2. The van der Waals surface area contributed by atoms with E-state index < -0.39 is 0 Å². The summed E-state index contributed by atoms with van der Waals surface area (Å²) in [6.07, 6.45) is 3.55. The molecule has 0 N–H and O–H groups in total. The van der Waals surface area contributed by atoms with E-state index in [9.17, 15) is 9.59 Å². The lowest BCUT2D eigenvalue weighted by Gasteiger charge is -2.06. The van der Waals surface area contributed by atoms with Crippen LogP contribution in [0.25, 0.3) is 0 Å². The fourth-order valence-corrected chi connectivity index (χ4v) is 1.85. The van der Waals surface area contributed by atoms with Gasteiger partial charge in [-0.05, 0) is 23.6 Å². The van der Waals surface area contributed by atoms with Crippen molar-refractivity contribution in [3.8, 4) is 0 Å². The van der Waals surface area contributed by atoms with Crippen LogP contribution in [-0.2, 0) is 16.0 Å². The molecule has 0 saturated carbocycles. The fourth-order valence-electron chi connectivity index (χ4n) is 1.85. The van der Waals surface area contributed by atoms with Crippen molar-refractivity contribution in [1.29, 1.82) is 0 Å². The molecule has 0 amide bonds. The van der Waals surface area contributed by atoms with Gasteiger partial charge in [0.25, 0.3) is 0 Å². The van der Waals surface area contributed by atoms with Crippen LogP contribution < -0.4 is 0 Å². The fraction of sp³-hybridized carbons (Fsp3) is 0.0667. The first kappa shape index (κ1) is 12.7. The van der Waals surface area contributed by atoms with Gasteiger partial charge in [-0.25, -0.2) is 9.59 Å². The molecule has 92 valence electrons. The molecule has 0 aliphatic rings. The number of benzene rings is 2. The summed E-state index contributed by atoms with van der Waals surface area (Å²) in [6.45, 7) is 0. The molecule has 0 aliphatic heterocycles. The van der Waals surface area contributed by atoms with Gasteiger partial charge in [0, 0.05) is 0 Å². The standard InChI is InChI=1S/C15H10N2O2/c18-10-16-14-8-4-7-13(15(14)17-11-19)9-12-5-2-1-3-6-12/h1-8H,9H2. The minimum absolute atomic E-state index is 0.326. The maximum absolute atomic E-state index is 10.5. The van der Waals surface area contributed by atoms with E-state index in [0.717, 1.165) is 11.1 Å². The highest BCUT2D eigenvalue weighted by atomic mass is 16.1. The average Bonchev–Trinajstić information content (AvgIpc) is 2.44. The van der Waals surface area contributed by atoms with Crippen molar-refractivity contribution in [3.05, 3.63) is 59.7 Å². The first-order valence-corrected chi connectivity index (χ1v) is 5.66. The van der Waals surface area contributed by atoms with Gasteiger partial charge in [0.1, 0.15) is 11.4 Å². The SMILES string of the molecule is O=C=Nc1cccc(Cc2ccccc2)c1N=C=O. The number of isocyanates is 2. The van der Waals surface area contributed by atoms with Crippen LogP contribution in [0.2, 0.25) is 0 Å². The third-order valence-electron chi connectivity index (χ3n) is 2.66. The van der Waals surface area contributed by atoms with Gasteiger partial charge in [-0.3, -0.25) is 0 Å². The summed E-state index contributed by atoms with van der Waals surface area (Å²) < 4.78 is 0. The normalized spacial score (nSPS) is 9.26. The van der Waals surface area contributed by atoms with E-state index >= 15 is 0 Å². The topological polar surface area (TPSA) is 58.9 Å². The highest BCUT2D eigenvalue weighted by molar-refractivity contribution is 5.72. The monoisotopic (exact) mass is 250 g/mol. The highest BCUT2D eigenvalue weighted by Gasteiger charge is 2.08. The van der Waals surface area contributed by atoms with Crippen molar-refractivity contribution in [1.82, 2.24) is 0 Å². The van der Waals surface area contributed by atoms with Crippen LogP contribution in [0.5, 0.6) is 0 Å². The number of para-hydroxylation sites is 1. The molecule has 0 fully saturated rings. The smallest absolute Gasteiger partial charge is 0.211 e. The lowest BCUT2D eigenvalue weighted by Crippen LogP contribution is -1.88. The zero-order valence-electron chi connectivity index (χ0n) is 10.0. The summed E-state index contributed by atoms with van der Waals surface area (Å²) in [5.74, 6) is 0. The molecule has 19 heavy (non-hydrogen) atoms. The predicted octanol–water partition coefficient (Wildman–Crippen LogP) is 3.21. The minimum Gasteiger partial charge on any atom is -0.211 e. The highest BCUT2D eigenvalue weighted by Crippen LogP contribution is 2.32. The average molecular weight is 250 g/mol. The van der Waals surface area contributed by atoms with E-state index in [-0.39, 0.29) is 0 Å². The van der Waals surface area contributed by atoms with E-state index in [4.69, 9.17) is 0 Å².